The van der Waals surface area contributed by atoms with E-state index in [1.54, 1.807) is 0 Å². The van der Waals surface area contributed by atoms with Gasteiger partial charge in [-0.15, -0.1) is 0 Å². The Labute approximate surface area is 237 Å². The number of aryl methyl sites for hydroxylation is 1. The standard InChI is InChI=1S/C33H44N4O3/c38-33(39)32(27-12-5-2-6-13-27)37-22-28(29(23-37)26-10-3-1-4-11-26)21-36-18-16-24(17-19-36)8-7-9-25-14-15-30-31(20-25)35-40-34-30/h1,3-4,10-11,14-15,20,24,27-29,32H,2,5-9,12-13,16-19,21-23H2,(H,38,39). The normalized spacial score (nSPS) is 24.5. The Balaban J connectivity index is 1.03. The van der Waals surface area contributed by atoms with E-state index in [4.69, 9.17) is 4.63 Å². The van der Waals surface area contributed by atoms with E-state index >= 15 is 0 Å². The summed E-state index contributed by atoms with van der Waals surface area (Å²) in [7, 11) is 0. The third-order valence-electron chi connectivity index (χ3n) is 10.0. The molecule has 7 heteroatoms. The van der Waals surface area contributed by atoms with E-state index in [1.807, 2.05) is 6.07 Å². The first-order valence-electron chi connectivity index (χ1n) is 15.6. The van der Waals surface area contributed by atoms with Gasteiger partial charge in [-0.25, -0.2) is 4.63 Å². The highest BCUT2D eigenvalue weighted by Crippen LogP contribution is 2.39. The molecule has 1 saturated carbocycles. The Morgan fingerprint density at radius 3 is 2.50 bits per heavy atom. The van der Waals surface area contributed by atoms with Gasteiger partial charge in [0, 0.05) is 25.6 Å². The predicted molar refractivity (Wildman–Crippen MR) is 156 cm³/mol. The van der Waals surface area contributed by atoms with Gasteiger partial charge in [-0.3, -0.25) is 9.69 Å². The molecule has 7 nitrogen and oxygen atoms in total. The molecule has 3 unspecified atom stereocenters. The second-order valence-electron chi connectivity index (χ2n) is 12.6. The van der Waals surface area contributed by atoms with Crippen molar-refractivity contribution in [3.63, 3.8) is 0 Å². The van der Waals surface area contributed by atoms with Gasteiger partial charge in [-0.2, -0.15) is 0 Å². The fourth-order valence-electron chi connectivity index (χ4n) is 7.87. The van der Waals surface area contributed by atoms with E-state index < -0.39 is 5.97 Å². The van der Waals surface area contributed by atoms with Gasteiger partial charge in [0.15, 0.2) is 0 Å². The van der Waals surface area contributed by atoms with Crippen LogP contribution in [0.3, 0.4) is 0 Å². The lowest BCUT2D eigenvalue weighted by Crippen LogP contribution is -2.46. The van der Waals surface area contributed by atoms with Crippen LogP contribution in [0.15, 0.2) is 53.2 Å². The number of hydrogen-bond acceptors (Lipinski definition) is 6. The van der Waals surface area contributed by atoms with Crippen LogP contribution in [0.5, 0.6) is 0 Å². The van der Waals surface area contributed by atoms with E-state index in [9.17, 15) is 9.90 Å². The summed E-state index contributed by atoms with van der Waals surface area (Å²) in [6.07, 6.45) is 11.8. The molecule has 1 aliphatic carbocycles. The molecular weight excluding hydrogens is 500 g/mol. The molecule has 1 aromatic heterocycles. The summed E-state index contributed by atoms with van der Waals surface area (Å²) < 4.78 is 4.83. The second kappa shape index (κ2) is 12.8. The van der Waals surface area contributed by atoms with Crippen molar-refractivity contribution in [3.05, 3.63) is 59.7 Å². The van der Waals surface area contributed by atoms with Crippen LogP contribution in [0.4, 0.5) is 0 Å². The molecule has 3 heterocycles. The van der Waals surface area contributed by atoms with E-state index in [1.165, 1.54) is 56.1 Å². The van der Waals surface area contributed by atoms with Crippen LogP contribution >= 0.6 is 0 Å². The van der Waals surface area contributed by atoms with Gasteiger partial charge in [0.1, 0.15) is 17.1 Å². The van der Waals surface area contributed by atoms with E-state index in [0.29, 0.717) is 17.8 Å². The van der Waals surface area contributed by atoms with Crippen LogP contribution < -0.4 is 0 Å². The Kier molecular flexibility index (Phi) is 8.78. The lowest BCUT2D eigenvalue weighted by molar-refractivity contribution is -0.145. The van der Waals surface area contributed by atoms with E-state index in [0.717, 1.165) is 68.9 Å². The minimum absolute atomic E-state index is 0.298. The summed E-state index contributed by atoms with van der Waals surface area (Å²) in [4.78, 5) is 17.5. The molecule has 3 aromatic rings. The Morgan fingerprint density at radius 1 is 0.950 bits per heavy atom. The summed E-state index contributed by atoms with van der Waals surface area (Å²) in [6, 6.07) is 16.8. The molecule has 3 fully saturated rings. The fraction of sp³-hybridized carbons (Fsp3) is 0.606. The molecular formula is C33H44N4O3. The summed E-state index contributed by atoms with van der Waals surface area (Å²) >= 11 is 0. The molecule has 2 saturated heterocycles. The maximum Gasteiger partial charge on any atom is 0.321 e. The maximum absolute atomic E-state index is 12.5. The molecule has 3 aliphatic rings. The van der Waals surface area contributed by atoms with Crippen LogP contribution in [0, 0.1) is 17.8 Å². The van der Waals surface area contributed by atoms with Gasteiger partial charge in [0.2, 0.25) is 0 Å². The van der Waals surface area contributed by atoms with Gasteiger partial charge in [0.05, 0.1) is 0 Å². The number of fused-ring (bicyclic) bond motifs is 1. The first-order valence-corrected chi connectivity index (χ1v) is 15.6. The monoisotopic (exact) mass is 544 g/mol. The lowest BCUT2D eigenvalue weighted by atomic mass is 9.83. The maximum atomic E-state index is 12.5. The molecule has 3 atom stereocenters. The number of hydrogen-bond donors (Lipinski definition) is 1. The van der Waals surface area contributed by atoms with Crippen LogP contribution in [0.25, 0.3) is 11.0 Å². The Hall–Kier alpha value is -2.77. The van der Waals surface area contributed by atoms with Gasteiger partial charge >= 0.3 is 5.97 Å². The molecule has 0 amide bonds. The second-order valence-corrected chi connectivity index (χ2v) is 12.6. The summed E-state index contributed by atoms with van der Waals surface area (Å²) in [5, 5.41) is 18.2. The highest BCUT2D eigenvalue weighted by atomic mass is 16.6. The zero-order chi connectivity index (χ0) is 27.3. The average molecular weight is 545 g/mol. The average Bonchev–Trinajstić information content (AvgIpc) is 3.62. The molecule has 1 N–H and O–H groups in total. The zero-order valence-corrected chi connectivity index (χ0v) is 23.7. The Morgan fingerprint density at radius 2 is 1.73 bits per heavy atom. The van der Waals surface area contributed by atoms with Crippen LogP contribution in [-0.4, -0.2) is 70.0 Å². The van der Waals surface area contributed by atoms with Crippen molar-refractivity contribution < 1.29 is 14.5 Å². The molecule has 0 bridgehead atoms. The summed E-state index contributed by atoms with van der Waals surface area (Å²) in [6.45, 7) is 5.16. The van der Waals surface area contributed by atoms with Gasteiger partial charge < -0.3 is 10.0 Å². The summed E-state index contributed by atoms with van der Waals surface area (Å²) in [5.41, 5.74) is 4.35. The van der Waals surface area contributed by atoms with Crippen molar-refractivity contribution in [2.45, 2.75) is 76.2 Å². The molecule has 40 heavy (non-hydrogen) atoms. The van der Waals surface area contributed by atoms with E-state index in [2.05, 4.69) is 62.6 Å². The minimum atomic E-state index is -0.613. The van der Waals surface area contributed by atoms with Crippen molar-refractivity contribution in [2.24, 2.45) is 17.8 Å². The minimum Gasteiger partial charge on any atom is -0.480 e. The highest BCUT2D eigenvalue weighted by molar-refractivity contribution is 5.74. The third kappa shape index (κ3) is 6.41. The third-order valence-corrected chi connectivity index (χ3v) is 10.0. The van der Waals surface area contributed by atoms with Crippen molar-refractivity contribution in [1.82, 2.24) is 20.1 Å². The van der Waals surface area contributed by atoms with Crippen molar-refractivity contribution in [1.29, 1.82) is 0 Å². The lowest BCUT2D eigenvalue weighted by Gasteiger charge is -2.35. The Bertz CT molecular complexity index is 1230. The van der Waals surface area contributed by atoms with Crippen molar-refractivity contribution in [2.75, 3.05) is 32.7 Å². The first kappa shape index (κ1) is 27.4. The number of nitrogens with zero attached hydrogens (tertiary/aromatic N) is 4. The number of carboxylic acids is 1. The molecule has 0 spiro atoms. The molecule has 6 rings (SSSR count). The first-order chi connectivity index (χ1) is 19.6. The van der Waals surface area contributed by atoms with Crippen LogP contribution in [-0.2, 0) is 11.2 Å². The number of benzene rings is 2. The van der Waals surface area contributed by atoms with Gasteiger partial charge in [-0.05, 0) is 103 Å². The number of carbonyl (C=O) groups is 1. The molecule has 2 aliphatic heterocycles. The number of likely N-dealkylation sites (tertiary alicyclic amines) is 2. The van der Waals surface area contributed by atoms with Crippen LogP contribution in [0.1, 0.15) is 74.8 Å². The number of piperidine rings is 1. The largest absolute Gasteiger partial charge is 0.480 e. The fourth-order valence-corrected chi connectivity index (χ4v) is 7.87. The number of rotatable bonds is 10. The predicted octanol–water partition coefficient (Wildman–Crippen LogP) is 6.01. The highest BCUT2D eigenvalue weighted by Gasteiger charge is 2.43. The van der Waals surface area contributed by atoms with Crippen molar-refractivity contribution in [3.8, 4) is 0 Å². The molecule has 0 radical (unpaired) electrons. The zero-order valence-electron chi connectivity index (χ0n) is 23.7. The number of carboxylic acid groups (broad SMARTS) is 1. The molecule has 2 aromatic carbocycles. The molecule has 214 valence electrons. The van der Waals surface area contributed by atoms with Crippen LogP contribution in [0.2, 0.25) is 0 Å². The number of aliphatic carboxylic acids is 1. The SMILES string of the molecule is O=C(O)C(C1CCCCC1)N1CC(CN2CCC(CCCc3ccc4nonc4c3)CC2)C(c2ccccc2)C1. The smallest absolute Gasteiger partial charge is 0.321 e. The van der Waals surface area contributed by atoms with Crippen molar-refractivity contribution >= 4 is 17.0 Å². The topological polar surface area (TPSA) is 82.7 Å². The quantitative estimate of drug-likeness (QED) is 0.335. The summed E-state index contributed by atoms with van der Waals surface area (Å²) in [5.74, 6) is 1.36. The number of aromatic nitrogens is 2. The van der Waals surface area contributed by atoms with Gasteiger partial charge in [0.25, 0.3) is 0 Å². The van der Waals surface area contributed by atoms with Gasteiger partial charge in [-0.1, -0.05) is 62.1 Å². The van der Waals surface area contributed by atoms with E-state index in [-0.39, 0.29) is 6.04 Å².